The Bertz CT molecular complexity index is 350. The van der Waals surface area contributed by atoms with E-state index in [4.69, 9.17) is 0 Å². The number of nitrogens with zero attached hydrogens (tertiary/aromatic N) is 2. The molecule has 0 bridgehead atoms. The van der Waals surface area contributed by atoms with E-state index in [1.54, 1.807) is 11.3 Å². The zero-order chi connectivity index (χ0) is 15.3. The second-order valence-electron chi connectivity index (χ2n) is 6.20. The summed E-state index contributed by atoms with van der Waals surface area (Å²) in [5.74, 6) is 0. The minimum absolute atomic E-state index is 0.509. The van der Waals surface area contributed by atoms with Crippen LogP contribution in [0.2, 0.25) is 0 Å². The van der Waals surface area contributed by atoms with Crippen LogP contribution in [0.1, 0.15) is 88.6 Å². The van der Waals surface area contributed by atoms with Crippen molar-refractivity contribution in [3.63, 3.8) is 0 Å². The van der Waals surface area contributed by atoms with Crippen molar-refractivity contribution in [2.75, 3.05) is 0 Å². The van der Waals surface area contributed by atoms with Gasteiger partial charge in [0.15, 0.2) is 0 Å². The molecule has 0 fully saturated rings. The number of aromatic nitrogens is 2. The van der Waals surface area contributed by atoms with Gasteiger partial charge in [0.05, 0.1) is 0 Å². The van der Waals surface area contributed by atoms with Gasteiger partial charge in [0.25, 0.3) is 0 Å². The Labute approximate surface area is 135 Å². The molecule has 1 aromatic rings. The van der Waals surface area contributed by atoms with Crippen molar-refractivity contribution in [2.45, 2.75) is 97.6 Å². The first-order chi connectivity index (χ1) is 10.2. The Morgan fingerprint density at radius 2 is 1.43 bits per heavy atom. The molecule has 3 nitrogen and oxygen atoms in total. The van der Waals surface area contributed by atoms with Gasteiger partial charge in [-0.1, -0.05) is 72.1 Å². The standard InChI is InChI=1S/C17H33N3S/c1-4-5-6-7-8-9-10-11-12-13-16-19-20-17(21-16)14-18-15(2)3/h15,18H,4-14H2,1-3H3. The predicted molar refractivity (Wildman–Crippen MR) is 92.8 cm³/mol. The molecule has 1 rings (SSSR count). The molecular weight excluding hydrogens is 278 g/mol. The molecule has 0 amide bonds. The average molecular weight is 312 g/mol. The molecule has 4 heteroatoms. The number of aryl methyl sites for hydroxylation is 1. The summed E-state index contributed by atoms with van der Waals surface area (Å²) >= 11 is 1.77. The van der Waals surface area contributed by atoms with Crippen LogP contribution in [0.3, 0.4) is 0 Å². The van der Waals surface area contributed by atoms with Crippen molar-refractivity contribution in [3.05, 3.63) is 10.0 Å². The highest BCUT2D eigenvalue weighted by atomic mass is 32.1. The van der Waals surface area contributed by atoms with E-state index in [9.17, 15) is 0 Å². The van der Waals surface area contributed by atoms with Crippen LogP contribution < -0.4 is 5.32 Å². The first-order valence-corrected chi connectivity index (χ1v) is 9.58. The van der Waals surface area contributed by atoms with Crippen LogP contribution in [-0.4, -0.2) is 16.2 Å². The van der Waals surface area contributed by atoms with Gasteiger partial charge in [-0.3, -0.25) is 0 Å². The fourth-order valence-corrected chi connectivity index (χ4v) is 3.18. The minimum Gasteiger partial charge on any atom is -0.308 e. The van der Waals surface area contributed by atoms with E-state index in [2.05, 4.69) is 36.3 Å². The largest absolute Gasteiger partial charge is 0.308 e. The lowest BCUT2D eigenvalue weighted by molar-refractivity contribution is 0.564. The van der Waals surface area contributed by atoms with E-state index in [1.165, 1.54) is 62.8 Å². The number of hydrogen-bond acceptors (Lipinski definition) is 4. The van der Waals surface area contributed by atoms with Crippen molar-refractivity contribution in [3.8, 4) is 0 Å². The topological polar surface area (TPSA) is 37.8 Å². The van der Waals surface area contributed by atoms with Crippen LogP contribution in [0.5, 0.6) is 0 Å². The maximum Gasteiger partial charge on any atom is 0.131 e. The normalized spacial score (nSPS) is 11.4. The summed E-state index contributed by atoms with van der Waals surface area (Å²) in [6.45, 7) is 7.44. The van der Waals surface area contributed by atoms with E-state index in [-0.39, 0.29) is 0 Å². The van der Waals surface area contributed by atoms with E-state index >= 15 is 0 Å². The zero-order valence-electron chi connectivity index (χ0n) is 14.2. The van der Waals surface area contributed by atoms with Gasteiger partial charge >= 0.3 is 0 Å². The van der Waals surface area contributed by atoms with E-state index in [0.29, 0.717) is 6.04 Å². The Morgan fingerprint density at radius 1 is 0.857 bits per heavy atom. The SMILES string of the molecule is CCCCCCCCCCCc1nnc(CNC(C)C)s1. The fraction of sp³-hybridized carbons (Fsp3) is 0.882. The Hall–Kier alpha value is -0.480. The Balaban J connectivity index is 1.97. The number of rotatable bonds is 13. The molecule has 0 aliphatic carbocycles. The third-order valence-electron chi connectivity index (χ3n) is 3.66. The number of hydrogen-bond donors (Lipinski definition) is 1. The molecule has 1 aromatic heterocycles. The molecule has 0 saturated heterocycles. The van der Waals surface area contributed by atoms with Crippen LogP contribution in [0.25, 0.3) is 0 Å². The number of nitrogens with one attached hydrogen (secondary N) is 1. The van der Waals surface area contributed by atoms with Crippen LogP contribution in [0.4, 0.5) is 0 Å². The lowest BCUT2D eigenvalue weighted by Crippen LogP contribution is -2.21. The van der Waals surface area contributed by atoms with Crippen molar-refractivity contribution >= 4 is 11.3 Å². The molecule has 0 spiro atoms. The van der Waals surface area contributed by atoms with E-state index in [0.717, 1.165) is 18.0 Å². The molecule has 0 unspecified atom stereocenters. The van der Waals surface area contributed by atoms with Gasteiger partial charge in [-0.15, -0.1) is 21.5 Å². The highest BCUT2D eigenvalue weighted by Gasteiger charge is 2.04. The summed E-state index contributed by atoms with van der Waals surface area (Å²) in [5.41, 5.74) is 0. The molecule has 0 aliphatic heterocycles. The molecule has 122 valence electrons. The fourth-order valence-electron chi connectivity index (χ4n) is 2.34. The summed E-state index contributed by atoms with van der Waals surface area (Å²) in [4.78, 5) is 0. The molecule has 0 aliphatic rings. The molecular formula is C17H33N3S. The average Bonchev–Trinajstić information content (AvgIpc) is 2.91. The molecule has 0 atom stereocenters. The first kappa shape index (κ1) is 18.6. The summed E-state index contributed by atoms with van der Waals surface area (Å²) in [6, 6.07) is 0.509. The van der Waals surface area contributed by atoms with Crippen molar-refractivity contribution in [2.24, 2.45) is 0 Å². The van der Waals surface area contributed by atoms with Crippen molar-refractivity contribution in [1.29, 1.82) is 0 Å². The first-order valence-electron chi connectivity index (χ1n) is 8.77. The van der Waals surface area contributed by atoms with Crippen molar-refractivity contribution < 1.29 is 0 Å². The molecule has 0 aromatic carbocycles. The maximum atomic E-state index is 4.29. The second kappa shape index (κ2) is 12.1. The smallest absolute Gasteiger partial charge is 0.131 e. The van der Waals surface area contributed by atoms with Crippen molar-refractivity contribution in [1.82, 2.24) is 15.5 Å². The molecule has 21 heavy (non-hydrogen) atoms. The van der Waals surface area contributed by atoms with Gasteiger partial charge in [-0.05, 0) is 6.42 Å². The van der Waals surface area contributed by atoms with Crippen LogP contribution in [0, 0.1) is 0 Å². The zero-order valence-corrected chi connectivity index (χ0v) is 15.0. The summed E-state index contributed by atoms with van der Waals surface area (Å²) in [7, 11) is 0. The quantitative estimate of drug-likeness (QED) is 0.514. The molecule has 0 radical (unpaired) electrons. The van der Waals surface area contributed by atoms with Gasteiger partial charge in [0.2, 0.25) is 0 Å². The Kier molecular flexibility index (Phi) is 10.7. The minimum atomic E-state index is 0.509. The van der Waals surface area contributed by atoms with Gasteiger partial charge in [-0.25, -0.2) is 0 Å². The summed E-state index contributed by atoms with van der Waals surface area (Å²) in [6.07, 6.45) is 13.5. The highest BCUT2D eigenvalue weighted by molar-refractivity contribution is 7.11. The third kappa shape index (κ3) is 9.97. The summed E-state index contributed by atoms with van der Waals surface area (Å²) < 4.78 is 0. The lowest BCUT2D eigenvalue weighted by atomic mass is 10.1. The maximum absolute atomic E-state index is 4.29. The van der Waals surface area contributed by atoms with Gasteiger partial charge in [0, 0.05) is 19.0 Å². The van der Waals surface area contributed by atoms with Crippen LogP contribution >= 0.6 is 11.3 Å². The highest BCUT2D eigenvalue weighted by Crippen LogP contribution is 2.15. The molecule has 1 N–H and O–H groups in total. The number of unbranched alkanes of at least 4 members (excludes halogenated alkanes) is 8. The predicted octanol–water partition coefficient (Wildman–Crippen LogP) is 5.11. The van der Waals surface area contributed by atoms with Gasteiger partial charge < -0.3 is 5.32 Å². The Morgan fingerprint density at radius 3 is 2.05 bits per heavy atom. The summed E-state index contributed by atoms with van der Waals surface area (Å²) in [5, 5.41) is 14.3. The van der Waals surface area contributed by atoms with Crippen LogP contribution in [0.15, 0.2) is 0 Å². The van der Waals surface area contributed by atoms with Gasteiger partial charge in [-0.2, -0.15) is 0 Å². The monoisotopic (exact) mass is 311 g/mol. The van der Waals surface area contributed by atoms with Crippen LogP contribution in [-0.2, 0) is 13.0 Å². The second-order valence-corrected chi connectivity index (χ2v) is 7.35. The molecule has 0 saturated carbocycles. The lowest BCUT2D eigenvalue weighted by Gasteiger charge is -2.03. The van der Waals surface area contributed by atoms with Gasteiger partial charge in [0.1, 0.15) is 10.0 Å². The third-order valence-corrected chi connectivity index (χ3v) is 4.65. The van der Waals surface area contributed by atoms with E-state index in [1.807, 2.05) is 0 Å². The van der Waals surface area contributed by atoms with E-state index < -0.39 is 0 Å². The molecule has 1 heterocycles.